The zero-order valence-electron chi connectivity index (χ0n) is 37.5. The van der Waals surface area contributed by atoms with Gasteiger partial charge >= 0.3 is 5.97 Å². The van der Waals surface area contributed by atoms with Crippen molar-refractivity contribution in [3.8, 4) is 0 Å². The molecule has 11 atom stereocenters. The van der Waals surface area contributed by atoms with Crippen LogP contribution in [0.2, 0.25) is 0 Å². The molecule has 0 N–H and O–H groups in total. The van der Waals surface area contributed by atoms with E-state index in [0.717, 1.165) is 32.7 Å². The van der Waals surface area contributed by atoms with Crippen LogP contribution < -0.4 is 0 Å². The van der Waals surface area contributed by atoms with Crippen LogP contribution in [-0.4, -0.2) is 79.7 Å². The molecule has 0 aromatic heterocycles. The monoisotopic (exact) mass is 935 g/mol. The number of azide groups is 1. The van der Waals surface area contributed by atoms with Crippen molar-refractivity contribution in [1.82, 2.24) is 0 Å². The second-order valence-electron chi connectivity index (χ2n) is 16.7. The molecule has 3 fully saturated rings. The first-order valence-corrected chi connectivity index (χ1v) is 23.6. The van der Waals surface area contributed by atoms with Crippen molar-refractivity contribution >= 4 is 17.7 Å². The van der Waals surface area contributed by atoms with Gasteiger partial charge in [0.15, 0.2) is 18.7 Å². The molecule has 3 heterocycles. The summed E-state index contributed by atoms with van der Waals surface area (Å²) in [5.41, 5.74) is 14.5. The van der Waals surface area contributed by atoms with Crippen LogP contribution in [0.3, 0.4) is 0 Å². The maximum Gasteiger partial charge on any atom is 0.338 e. The fraction of sp³-hybridized carbons (Fsp3) is 0.315. The number of nitrogens with zero attached hydrogens (tertiary/aromatic N) is 3. The number of rotatable bonds is 18. The normalized spacial score (nSPS) is 26.8. The molecule has 3 aliphatic rings. The highest BCUT2D eigenvalue weighted by Crippen LogP contribution is 2.43. The van der Waals surface area contributed by atoms with Gasteiger partial charge in [0.1, 0.15) is 48.1 Å². The van der Waals surface area contributed by atoms with Crippen LogP contribution in [0.5, 0.6) is 0 Å². The molecular formula is C54H53N3O10S. The van der Waals surface area contributed by atoms with Crippen molar-refractivity contribution in [2.24, 2.45) is 5.11 Å². The van der Waals surface area contributed by atoms with Crippen LogP contribution in [0, 0.1) is 6.92 Å². The third-order valence-corrected chi connectivity index (χ3v) is 13.1. The third kappa shape index (κ3) is 12.0. The molecule has 0 saturated carbocycles. The zero-order chi connectivity index (χ0) is 46.5. The summed E-state index contributed by atoms with van der Waals surface area (Å²) in [6.07, 6.45) is -8.63. The highest BCUT2D eigenvalue weighted by atomic mass is 32.2. The van der Waals surface area contributed by atoms with Crippen LogP contribution in [0.15, 0.2) is 186 Å². The van der Waals surface area contributed by atoms with E-state index in [1.165, 1.54) is 11.8 Å². The highest BCUT2D eigenvalue weighted by molar-refractivity contribution is 7.99. The molecule has 9 rings (SSSR count). The molecule has 14 heteroatoms. The largest absolute Gasteiger partial charge is 0.450 e. The van der Waals surface area contributed by atoms with Gasteiger partial charge in [-0.1, -0.05) is 174 Å². The highest BCUT2D eigenvalue weighted by Gasteiger charge is 2.56. The summed E-state index contributed by atoms with van der Waals surface area (Å²) in [5, 5.41) is 4.37. The molecule has 350 valence electrons. The Bertz CT molecular complexity index is 2530. The van der Waals surface area contributed by atoms with Crippen LogP contribution >= 0.6 is 11.8 Å². The average Bonchev–Trinajstić information content (AvgIpc) is 3.39. The molecule has 13 nitrogen and oxygen atoms in total. The van der Waals surface area contributed by atoms with Gasteiger partial charge in [-0.25, -0.2) is 4.79 Å². The lowest BCUT2D eigenvalue weighted by Gasteiger charge is -2.51. The van der Waals surface area contributed by atoms with E-state index in [1.54, 1.807) is 24.3 Å². The van der Waals surface area contributed by atoms with Crippen molar-refractivity contribution in [1.29, 1.82) is 0 Å². The number of aryl methyl sites for hydroxylation is 1. The van der Waals surface area contributed by atoms with E-state index in [4.69, 9.17) is 42.6 Å². The molecule has 3 aliphatic heterocycles. The average molecular weight is 936 g/mol. The summed E-state index contributed by atoms with van der Waals surface area (Å²) >= 11 is 1.40. The maximum atomic E-state index is 14.4. The van der Waals surface area contributed by atoms with Gasteiger partial charge in [0, 0.05) is 15.4 Å². The predicted octanol–water partition coefficient (Wildman–Crippen LogP) is 10.3. The summed E-state index contributed by atoms with van der Waals surface area (Å²) in [4.78, 5) is 18.6. The SMILES string of the molecule is Cc1ccc(S[C@@H]2O[C@@H]3CO[C@H](c4ccccc4)O[C@@H]3[C@H](O[C@H]3O[C@H](COCc4ccccc4)[C@H](OCc4ccccc4)[C@H](OCc4ccccc4)[C@H]3OC(=O)c3ccccc3)[C@H]2N=[N+]=[N-])cc1. The minimum atomic E-state index is -1.35. The summed E-state index contributed by atoms with van der Waals surface area (Å²) < 4.78 is 60.8. The first kappa shape index (κ1) is 47.2. The number of thioether (sulfide) groups is 1. The number of esters is 1. The van der Waals surface area contributed by atoms with Gasteiger partial charge in [-0.3, -0.25) is 0 Å². The molecule has 0 bridgehead atoms. The number of ether oxygens (including phenoxy) is 9. The number of fused-ring (bicyclic) bond motifs is 1. The van der Waals surface area contributed by atoms with Gasteiger partial charge in [0.25, 0.3) is 0 Å². The second-order valence-corrected chi connectivity index (χ2v) is 17.9. The molecule has 6 aromatic rings. The first-order chi connectivity index (χ1) is 33.5. The van der Waals surface area contributed by atoms with Crippen molar-refractivity contribution in [3.63, 3.8) is 0 Å². The Morgan fingerprint density at radius 1 is 0.662 bits per heavy atom. The molecule has 68 heavy (non-hydrogen) atoms. The molecule has 0 spiro atoms. The topological polar surface area (TPSA) is 149 Å². The number of benzene rings is 6. The molecule has 0 amide bonds. The minimum absolute atomic E-state index is 0.0463. The van der Waals surface area contributed by atoms with E-state index in [0.29, 0.717) is 5.56 Å². The number of carbonyl (C=O) groups is 1. The van der Waals surface area contributed by atoms with E-state index in [2.05, 4.69) is 10.0 Å². The van der Waals surface area contributed by atoms with Crippen molar-refractivity contribution in [2.75, 3.05) is 13.2 Å². The lowest BCUT2D eigenvalue weighted by molar-refractivity contribution is -0.360. The second kappa shape index (κ2) is 23.4. The third-order valence-electron chi connectivity index (χ3n) is 11.9. The van der Waals surface area contributed by atoms with E-state index in [1.807, 2.05) is 159 Å². The zero-order valence-corrected chi connectivity index (χ0v) is 38.3. The fourth-order valence-electron chi connectivity index (χ4n) is 8.49. The van der Waals surface area contributed by atoms with Crippen LogP contribution in [-0.2, 0) is 62.5 Å². The lowest BCUT2D eigenvalue weighted by Crippen LogP contribution is -2.66. The van der Waals surface area contributed by atoms with Crippen LogP contribution in [0.1, 0.15) is 44.5 Å². The van der Waals surface area contributed by atoms with Gasteiger partial charge in [-0.05, 0) is 53.4 Å². The Kier molecular flexibility index (Phi) is 16.3. The molecular weight excluding hydrogens is 883 g/mol. The van der Waals surface area contributed by atoms with Crippen molar-refractivity contribution in [3.05, 3.63) is 220 Å². The number of carbonyl (C=O) groups excluding carboxylic acids is 1. The number of hydrogen-bond acceptors (Lipinski definition) is 12. The van der Waals surface area contributed by atoms with Crippen molar-refractivity contribution in [2.45, 2.75) is 98.4 Å². The van der Waals surface area contributed by atoms with Crippen LogP contribution in [0.25, 0.3) is 10.4 Å². The van der Waals surface area contributed by atoms with Gasteiger partial charge < -0.3 is 42.6 Å². The molecule has 0 unspecified atom stereocenters. The first-order valence-electron chi connectivity index (χ1n) is 22.7. The Morgan fingerprint density at radius 2 is 1.24 bits per heavy atom. The molecule has 0 aliphatic carbocycles. The van der Waals surface area contributed by atoms with E-state index < -0.39 is 72.8 Å². The van der Waals surface area contributed by atoms with Gasteiger partial charge in [0.05, 0.1) is 38.6 Å². The molecule has 0 radical (unpaired) electrons. The van der Waals surface area contributed by atoms with Gasteiger partial charge in [0.2, 0.25) is 0 Å². The van der Waals surface area contributed by atoms with Gasteiger partial charge in [-0.2, -0.15) is 0 Å². The van der Waals surface area contributed by atoms with Crippen molar-refractivity contribution < 1.29 is 47.4 Å². The number of hydrogen-bond donors (Lipinski definition) is 0. The van der Waals surface area contributed by atoms with E-state index in [9.17, 15) is 10.3 Å². The van der Waals surface area contributed by atoms with Crippen LogP contribution in [0.4, 0.5) is 0 Å². The fourth-order valence-corrected chi connectivity index (χ4v) is 9.59. The predicted molar refractivity (Wildman–Crippen MR) is 254 cm³/mol. The Hall–Kier alpha value is -5.87. The Morgan fingerprint density at radius 3 is 1.85 bits per heavy atom. The Labute approximate surface area is 400 Å². The summed E-state index contributed by atoms with van der Waals surface area (Å²) in [6, 6.07) is 54.6. The maximum absolute atomic E-state index is 14.4. The Balaban J connectivity index is 1.12. The standard InChI is InChI=1S/C54H53N3O10S/c1-36-27-29-42(30-28-36)68-54-45(56-57-55)48(47-44(64-54)35-62-52(66-47)41-25-15-6-16-26-41)67-53-50(65-51(58)40-23-13-5-14-24-40)49(61-33-39-21-11-4-12-22-39)46(60-32-38-19-9-3-10-20-38)43(63-53)34-59-31-37-17-7-2-8-18-37/h2-30,43-50,52-54H,31-35H2,1H3/t43-,44-,45-,46+,47+,48-,49+,50-,52+,53-,54+/m1/s1. The summed E-state index contributed by atoms with van der Waals surface area (Å²) in [7, 11) is 0. The molecule has 3 saturated heterocycles. The van der Waals surface area contributed by atoms with Gasteiger partial charge in [-0.15, -0.1) is 0 Å². The lowest BCUT2D eigenvalue weighted by atomic mass is 9.95. The summed E-state index contributed by atoms with van der Waals surface area (Å²) in [6.45, 7) is 2.82. The van der Waals surface area contributed by atoms with E-state index in [-0.39, 0.29) is 33.0 Å². The van der Waals surface area contributed by atoms with E-state index >= 15 is 0 Å². The quantitative estimate of drug-likeness (QED) is 0.0351. The molecule has 6 aromatic carbocycles. The minimum Gasteiger partial charge on any atom is -0.450 e. The summed E-state index contributed by atoms with van der Waals surface area (Å²) in [5.74, 6) is -0.627. The smallest absolute Gasteiger partial charge is 0.338 e.